The van der Waals surface area contributed by atoms with Gasteiger partial charge in [0.25, 0.3) is 0 Å². The number of benzene rings is 3. The second kappa shape index (κ2) is 8.12. The van der Waals surface area contributed by atoms with E-state index in [2.05, 4.69) is 0 Å². The maximum atomic E-state index is 12.8. The van der Waals surface area contributed by atoms with Crippen molar-refractivity contribution in [3.63, 3.8) is 0 Å². The summed E-state index contributed by atoms with van der Waals surface area (Å²) in [5, 5.41) is 0. The van der Waals surface area contributed by atoms with Crippen LogP contribution in [0.15, 0.2) is 84.9 Å². The van der Waals surface area contributed by atoms with Gasteiger partial charge in [-0.3, -0.25) is 0 Å². The summed E-state index contributed by atoms with van der Waals surface area (Å²) in [6.45, 7) is 1.82. The Morgan fingerprint density at radius 1 is 0.815 bits per heavy atom. The first-order chi connectivity index (χ1) is 12.9. The molecular weight excluding hydrogens is 349 g/mol. The third-order valence-corrected chi connectivity index (χ3v) is 4.17. The van der Waals surface area contributed by atoms with Gasteiger partial charge in [0.2, 0.25) is 0 Å². The molecule has 0 saturated carbocycles. The van der Waals surface area contributed by atoms with Gasteiger partial charge in [-0.15, -0.1) is 0 Å². The lowest BCUT2D eigenvalue weighted by atomic mass is 10.1. The summed E-state index contributed by atoms with van der Waals surface area (Å²) >= 11 is 0. The van der Waals surface area contributed by atoms with E-state index in [1.807, 2.05) is 73.7 Å². The second-order valence-corrected chi connectivity index (χ2v) is 6.17. The average Bonchev–Trinajstić information content (AvgIpc) is 2.68. The van der Waals surface area contributed by atoms with Crippen LogP contribution in [-0.2, 0) is 10.9 Å². The van der Waals surface area contributed by atoms with Crippen molar-refractivity contribution in [1.82, 2.24) is 0 Å². The Kier molecular flexibility index (Phi) is 5.65. The molecule has 0 aliphatic rings. The molecule has 4 heteroatoms. The van der Waals surface area contributed by atoms with Gasteiger partial charge >= 0.3 is 6.18 Å². The Balaban J connectivity index is 1.87. The standard InChI is InChI=1S/C23H19F3O/c1-17(19-12-14-21(15-13-19)23(24,25)26)27-22(20-10-6-3-7-11-20)16-18-8-4-2-5-9-18/h2-17H,1H3/b22-16-. The molecule has 0 amide bonds. The summed E-state index contributed by atoms with van der Waals surface area (Å²) in [5.41, 5.74) is 1.90. The Labute approximate surface area is 156 Å². The molecule has 0 spiro atoms. The smallest absolute Gasteiger partial charge is 0.416 e. The highest BCUT2D eigenvalue weighted by Crippen LogP contribution is 2.32. The van der Waals surface area contributed by atoms with Crippen LogP contribution in [0.4, 0.5) is 13.2 Å². The molecule has 0 N–H and O–H groups in total. The van der Waals surface area contributed by atoms with E-state index in [1.54, 1.807) is 0 Å². The van der Waals surface area contributed by atoms with Crippen LogP contribution in [0.5, 0.6) is 0 Å². The molecule has 0 heterocycles. The summed E-state index contributed by atoms with van der Waals surface area (Å²) in [7, 11) is 0. The molecule has 138 valence electrons. The van der Waals surface area contributed by atoms with Crippen LogP contribution in [0.25, 0.3) is 11.8 Å². The maximum Gasteiger partial charge on any atom is 0.416 e. The summed E-state index contributed by atoms with van der Waals surface area (Å²) in [4.78, 5) is 0. The van der Waals surface area contributed by atoms with E-state index in [-0.39, 0.29) is 0 Å². The van der Waals surface area contributed by atoms with Gasteiger partial charge in [-0.2, -0.15) is 13.2 Å². The first-order valence-electron chi connectivity index (χ1n) is 8.59. The fraction of sp³-hybridized carbons (Fsp3) is 0.130. The zero-order valence-electron chi connectivity index (χ0n) is 14.8. The Morgan fingerprint density at radius 3 is 1.93 bits per heavy atom. The van der Waals surface area contributed by atoms with Crippen LogP contribution in [0.1, 0.15) is 35.3 Å². The van der Waals surface area contributed by atoms with Gasteiger partial charge in [0.1, 0.15) is 11.9 Å². The monoisotopic (exact) mass is 368 g/mol. The zero-order chi connectivity index (χ0) is 19.3. The molecule has 0 fully saturated rings. The fourth-order valence-corrected chi connectivity index (χ4v) is 2.69. The van der Waals surface area contributed by atoms with E-state index in [9.17, 15) is 13.2 Å². The fourth-order valence-electron chi connectivity index (χ4n) is 2.69. The van der Waals surface area contributed by atoms with E-state index in [0.717, 1.165) is 23.3 Å². The van der Waals surface area contributed by atoms with Crippen LogP contribution in [-0.4, -0.2) is 0 Å². The molecule has 0 aromatic heterocycles. The highest BCUT2D eigenvalue weighted by molar-refractivity contribution is 5.77. The van der Waals surface area contributed by atoms with Crippen LogP contribution >= 0.6 is 0 Å². The minimum absolute atomic E-state index is 0.401. The molecule has 0 aliphatic carbocycles. The average molecular weight is 368 g/mol. The number of halogens is 3. The van der Waals surface area contributed by atoms with Crippen molar-refractivity contribution in [1.29, 1.82) is 0 Å². The second-order valence-electron chi connectivity index (χ2n) is 6.17. The maximum absolute atomic E-state index is 12.8. The van der Waals surface area contributed by atoms with E-state index >= 15 is 0 Å². The Morgan fingerprint density at radius 2 is 1.37 bits per heavy atom. The minimum atomic E-state index is -4.34. The van der Waals surface area contributed by atoms with Crippen molar-refractivity contribution in [2.24, 2.45) is 0 Å². The predicted molar refractivity (Wildman–Crippen MR) is 102 cm³/mol. The highest BCUT2D eigenvalue weighted by atomic mass is 19.4. The number of alkyl halides is 3. The minimum Gasteiger partial charge on any atom is -0.485 e. The Bertz CT molecular complexity index is 882. The molecule has 1 unspecified atom stereocenters. The highest BCUT2D eigenvalue weighted by Gasteiger charge is 2.30. The molecule has 0 aliphatic heterocycles. The summed E-state index contributed by atoms with van der Waals surface area (Å²) in [5.74, 6) is 0.661. The normalized spacial score (nSPS) is 13.3. The van der Waals surface area contributed by atoms with Crippen molar-refractivity contribution < 1.29 is 17.9 Å². The van der Waals surface area contributed by atoms with Gasteiger partial charge in [0.05, 0.1) is 5.56 Å². The quantitative estimate of drug-likeness (QED) is 0.349. The summed E-state index contributed by atoms with van der Waals surface area (Å²) in [6.07, 6.45) is -2.82. The third kappa shape index (κ3) is 5.00. The zero-order valence-corrected chi connectivity index (χ0v) is 14.8. The van der Waals surface area contributed by atoms with Gasteiger partial charge in [-0.05, 0) is 36.3 Å². The number of hydrogen-bond donors (Lipinski definition) is 0. The lowest BCUT2D eigenvalue weighted by Gasteiger charge is -2.19. The largest absolute Gasteiger partial charge is 0.485 e. The van der Waals surface area contributed by atoms with Crippen LogP contribution in [0, 0.1) is 0 Å². The van der Waals surface area contributed by atoms with Crippen LogP contribution in [0.2, 0.25) is 0 Å². The summed E-state index contributed by atoms with van der Waals surface area (Å²) < 4.78 is 44.4. The van der Waals surface area contributed by atoms with E-state index in [4.69, 9.17) is 4.74 Å². The lowest BCUT2D eigenvalue weighted by molar-refractivity contribution is -0.137. The van der Waals surface area contributed by atoms with Gasteiger partial charge in [-0.1, -0.05) is 72.8 Å². The van der Waals surface area contributed by atoms with Crippen molar-refractivity contribution in [2.75, 3.05) is 0 Å². The molecular formula is C23H19F3O. The first kappa shape index (κ1) is 18.8. The molecule has 3 aromatic carbocycles. The van der Waals surface area contributed by atoms with Gasteiger partial charge in [0, 0.05) is 5.56 Å². The molecule has 1 nitrogen and oxygen atoms in total. The predicted octanol–water partition coefficient (Wildman–Crippen LogP) is 6.98. The van der Waals surface area contributed by atoms with Crippen molar-refractivity contribution >= 4 is 11.8 Å². The molecule has 0 bridgehead atoms. The van der Waals surface area contributed by atoms with Crippen LogP contribution in [0.3, 0.4) is 0 Å². The van der Waals surface area contributed by atoms with Gasteiger partial charge in [-0.25, -0.2) is 0 Å². The molecule has 3 aromatic rings. The first-order valence-corrected chi connectivity index (χ1v) is 8.59. The van der Waals surface area contributed by atoms with Gasteiger partial charge in [0.15, 0.2) is 0 Å². The topological polar surface area (TPSA) is 9.23 Å². The third-order valence-electron chi connectivity index (χ3n) is 4.17. The van der Waals surface area contributed by atoms with E-state index < -0.39 is 17.8 Å². The van der Waals surface area contributed by atoms with Crippen molar-refractivity contribution in [3.8, 4) is 0 Å². The van der Waals surface area contributed by atoms with E-state index in [0.29, 0.717) is 11.3 Å². The molecule has 27 heavy (non-hydrogen) atoms. The number of rotatable bonds is 5. The van der Waals surface area contributed by atoms with Crippen LogP contribution < -0.4 is 0 Å². The Hall–Kier alpha value is -3.01. The lowest BCUT2D eigenvalue weighted by Crippen LogP contribution is -2.06. The van der Waals surface area contributed by atoms with Gasteiger partial charge < -0.3 is 4.74 Å². The number of ether oxygens (including phenoxy) is 1. The SMILES string of the molecule is CC(O/C(=C\c1ccccc1)c1ccccc1)c1ccc(C(F)(F)F)cc1. The van der Waals surface area contributed by atoms with Crippen molar-refractivity contribution in [2.45, 2.75) is 19.2 Å². The molecule has 3 rings (SSSR count). The van der Waals surface area contributed by atoms with Crippen molar-refractivity contribution in [3.05, 3.63) is 107 Å². The molecule has 0 radical (unpaired) electrons. The summed E-state index contributed by atoms with van der Waals surface area (Å²) in [6, 6.07) is 24.5. The molecule has 1 atom stereocenters. The van der Waals surface area contributed by atoms with E-state index in [1.165, 1.54) is 12.1 Å². The molecule has 0 saturated heterocycles. The number of hydrogen-bond acceptors (Lipinski definition) is 1.